The number of ketones is 1. The number of fused-ring (bicyclic) bond motifs is 1. The number of hydrogen-bond donors (Lipinski definition) is 1. The van der Waals surface area contributed by atoms with E-state index in [0.29, 0.717) is 6.42 Å². The number of benzene rings is 1. The molecule has 0 unspecified atom stereocenters. The Kier molecular flexibility index (Phi) is 2.90. The Labute approximate surface area is 112 Å². The molecule has 0 aliphatic heterocycles. The molecule has 1 N–H and O–H groups in total. The maximum atomic E-state index is 12.0. The zero-order chi connectivity index (χ0) is 13.4. The third-order valence-corrected chi connectivity index (χ3v) is 3.76. The van der Waals surface area contributed by atoms with Crippen molar-refractivity contribution in [2.45, 2.75) is 26.2 Å². The highest BCUT2D eigenvalue weighted by molar-refractivity contribution is 6.01. The molecule has 3 rings (SSSR count). The van der Waals surface area contributed by atoms with Crippen molar-refractivity contribution in [2.24, 2.45) is 0 Å². The molecular weight excluding hydrogens is 238 g/mol. The summed E-state index contributed by atoms with van der Waals surface area (Å²) in [4.78, 5) is 15.4. The van der Waals surface area contributed by atoms with Crippen molar-refractivity contribution in [1.29, 1.82) is 0 Å². The molecule has 1 aromatic carbocycles. The molecule has 3 nitrogen and oxygen atoms in total. The van der Waals surface area contributed by atoms with E-state index in [1.807, 2.05) is 31.2 Å². The number of carbonyl (C=O) groups is 1. The number of aryl methyl sites for hydroxylation is 1. The van der Waals surface area contributed by atoms with E-state index in [2.05, 4.69) is 4.98 Å². The fourth-order valence-electron chi connectivity index (χ4n) is 2.88. The molecule has 1 aromatic heterocycles. The first-order chi connectivity index (χ1) is 9.20. The van der Waals surface area contributed by atoms with Gasteiger partial charge in [0.05, 0.1) is 7.11 Å². The van der Waals surface area contributed by atoms with Crippen molar-refractivity contribution in [1.82, 2.24) is 4.98 Å². The van der Waals surface area contributed by atoms with Crippen molar-refractivity contribution in [2.75, 3.05) is 7.11 Å². The number of nitrogens with one attached hydrogen (secondary N) is 1. The average molecular weight is 255 g/mol. The van der Waals surface area contributed by atoms with Gasteiger partial charge in [-0.05, 0) is 37.5 Å². The molecule has 0 saturated carbocycles. The Morgan fingerprint density at radius 2 is 2.11 bits per heavy atom. The predicted molar refractivity (Wildman–Crippen MR) is 74.8 cm³/mol. The average Bonchev–Trinajstić information content (AvgIpc) is 2.78. The molecule has 1 aliphatic rings. The quantitative estimate of drug-likeness (QED) is 0.892. The Bertz CT molecular complexity index is 640. The SMILES string of the molecule is COc1cccc(-c2[nH]c(C)c3c2CCCC3=O)c1. The topological polar surface area (TPSA) is 42.1 Å². The molecule has 0 atom stereocenters. The van der Waals surface area contributed by atoms with E-state index in [-0.39, 0.29) is 5.78 Å². The highest BCUT2D eigenvalue weighted by Gasteiger charge is 2.25. The van der Waals surface area contributed by atoms with Crippen LogP contribution in [0.3, 0.4) is 0 Å². The summed E-state index contributed by atoms with van der Waals surface area (Å²) in [5.41, 5.74) is 5.21. The van der Waals surface area contributed by atoms with Crippen LogP contribution in [-0.4, -0.2) is 17.9 Å². The summed E-state index contributed by atoms with van der Waals surface area (Å²) >= 11 is 0. The summed E-state index contributed by atoms with van der Waals surface area (Å²) in [6.45, 7) is 1.98. The lowest BCUT2D eigenvalue weighted by Gasteiger charge is -2.12. The molecule has 19 heavy (non-hydrogen) atoms. The van der Waals surface area contributed by atoms with Gasteiger partial charge >= 0.3 is 0 Å². The van der Waals surface area contributed by atoms with Crippen LogP contribution in [0, 0.1) is 6.92 Å². The molecule has 0 amide bonds. The second-order valence-electron chi connectivity index (χ2n) is 4.99. The van der Waals surface area contributed by atoms with Gasteiger partial charge in [-0.3, -0.25) is 4.79 Å². The summed E-state index contributed by atoms with van der Waals surface area (Å²) in [5.74, 6) is 1.10. The van der Waals surface area contributed by atoms with Crippen LogP contribution in [0.15, 0.2) is 24.3 Å². The van der Waals surface area contributed by atoms with E-state index in [4.69, 9.17) is 4.74 Å². The highest BCUT2D eigenvalue weighted by Crippen LogP contribution is 2.34. The lowest BCUT2D eigenvalue weighted by atomic mass is 9.90. The minimum absolute atomic E-state index is 0.268. The highest BCUT2D eigenvalue weighted by atomic mass is 16.5. The van der Waals surface area contributed by atoms with Crippen molar-refractivity contribution in [3.8, 4) is 17.0 Å². The van der Waals surface area contributed by atoms with Crippen LogP contribution in [0.25, 0.3) is 11.3 Å². The minimum Gasteiger partial charge on any atom is -0.497 e. The van der Waals surface area contributed by atoms with Crippen LogP contribution >= 0.6 is 0 Å². The number of hydrogen-bond acceptors (Lipinski definition) is 2. The van der Waals surface area contributed by atoms with Crippen molar-refractivity contribution < 1.29 is 9.53 Å². The molecule has 3 heteroatoms. The third kappa shape index (κ3) is 1.95. The molecule has 2 aromatic rings. The zero-order valence-corrected chi connectivity index (χ0v) is 11.2. The van der Waals surface area contributed by atoms with Gasteiger partial charge < -0.3 is 9.72 Å². The number of methoxy groups -OCH3 is 1. The smallest absolute Gasteiger partial charge is 0.164 e. The minimum atomic E-state index is 0.268. The molecule has 0 saturated heterocycles. The van der Waals surface area contributed by atoms with E-state index in [9.17, 15) is 4.79 Å². The van der Waals surface area contributed by atoms with Gasteiger partial charge in [0.15, 0.2) is 5.78 Å². The number of H-pyrrole nitrogens is 1. The molecule has 0 fully saturated rings. The summed E-state index contributed by atoms with van der Waals surface area (Å²) in [6, 6.07) is 7.95. The maximum absolute atomic E-state index is 12.0. The number of aromatic amines is 1. The Balaban J connectivity index is 2.15. The molecule has 1 aliphatic carbocycles. The first-order valence-electron chi connectivity index (χ1n) is 6.59. The van der Waals surface area contributed by atoms with Crippen molar-refractivity contribution in [3.05, 3.63) is 41.1 Å². The summed E-state index contributed by atoms with van der Waals surface area (Å²) in [5, 5.41) is 0. The second-order valence-corrected chi connectivity index (χ2v) is 4.99. The summed E-state index contributed by atoms with van der Waals surface area (Å²) in [6.07, 6.45) is 2.58. The van der Waals surface area contributed by atoms with Crippen LogP contribution in [0.5, 0.6) is 5.75 Å². The molecule has 98 valence electrons. The Morgan fingerprint density at radius 3 is 2.89 bits per heavy atom. The Morgan fingerprint density at radius 1 is 1.26 bits per heavy atom. The van der Waals surface area contributed by atoms with Gasteiger partial charge in [0.25, 0.3) is 0 Å². The van der Waals surface area contributed by atoms with E-state index in [1.54, 1.807) is 7.11 Å². The monoisotopic (exact) mass is 255 g/mol. The van der Waals surface area contributed by atoms with Crippen LogP contribution < -0.4 is 4.74 Å². The van der Waals surface area contributed by atoms with Gasteiger partial charge in [0.2, 0.25) is 0 Å². The standard InChI is InChI=1S/C16H17NO2/c1-10-15-13(7-4-8-14(15)18)16(17-10)11-5-3-6-12(9-11)19-2/h3,5-6,9,17H,4,7-8H2,1-2H3. The van der Waals surface area contributed by atoms with E-state index >= 15 is 0 Å². The van der Waals surface area contributed by atoms with E-state index in [1.165, 1.54) is 5.56 Å². The van der Waals surface area contributed by atoms with Gasteiger partial charge in [-0.15, -0.1) is 0 Å². The number of carbonyl (C=O) groups excluding carboxylic acids is 1. The number of Topliss-reactive ketones (excluding diaryl/α,β-unsaturated/α-hetero) is 1. The normalized spacial score (nSPS) is 14.3. The summed E-state index contributed by atoms with van der Waals surface area (Å²) in [7, 11) is 1.66. The van der Waals surface area contributed by atoms with Gasteiger partial charge in [-0.2, -0.15) is 0 Å². The van der Waals surface area contributed by atoms with E-state index < -0.39 is 0 Å². The molecule has 1 heterocycles. The first kappa shape index (κ1) is 12.0. The lowest BCUT2D eigenvalue weighted by molar-refractivity contribution is 0.0972. The Hall–Kier alpha value is -2.03. The van der Waals surface area contributed by atoms with Crippen molar-refractivity contribution >= 4 is 5.78 Å². The van der Waals surface area contributed by atoms with Gasteiger partial charge in [-0.25, -0.2) is 0 Å². The van der Waals surface area contributed by atoms with Crippen LogP contribution in [0.2, 0.25) is 0 Å². The molecular formula is C16H17NO2. The fraction of sp³-hybridized carbons (Fsp3) is 0.312. The maximum Gasteiger partial charge on any atom is 0.164 e. The van der Waals surface area contributed by atoms with Gasteiger partial charge in [-0.1, -0.05) is 12.1 Å². The predicted octanol–water partition coefficient (Wildman–Crippen LogP) is 3.52. The van der Waals surface area contributed by atoms with Crippen LogP contribution in [0.1, 0.15) is 34.5 Å². The lowest BCUT2D eigenvalue weighted by Crippen LogP contribution is -2.09. The molecule has 0 spiro atoms. The second kappa shape index (κ2) is 4.57. The van der Waals surface area contributed by atoms with Crippen LogP contribution in [-0.2, 0) is 6.42 Å². The first-order valence-corrected chi connectivity index (χ1v) is 6.59. The third-order valence-electron chi connectivity index (χ3n) is 3.76. The van der Waals surface area contributed by atoms with Crippen molar-refractivity contribution in [3.63, 3.8) is 0 Å². The fourth-order valence-corrected chi connectivity index (χ4v) is 2.88. The number of rotatable bonds is 2. The zero-order valence-electron chi connectivity index (χ0n) is 11.2. The van der Waals surface area contributed by atoms with E-state index in [0.717, 1.165) is 41.1 Å². The van der Waals surface area contributed by atoms with Crippen LogP contribution in [0.4, 0.5) is 0 Å². The molecule has 0 radical (unpaired) electrons. The number of aromatic nitrogens is 1. The largest absolute Gasteiger partial charge is 0.497 e. The van der Waals surface area contributed by atoms with Gasteiger partial charge in [0, 0.05) is 28.9 Å². The molecule has 0 bridgehead atoms. The number of ether oxygens (including phenoxy) is 1. The summed E-state index contributed by atoms with van der Waals surface area (Å²) < 4.78 is 5.27. The van der Waals surface area contributed by atoms with Gasteiger partial charge in [0.1, 0.15) is 5.75 Å².